The van der Waals surface area contributed by atoms with Crippen LogP contribution >= 0.6 is 0 Å². The van der Waals surface area contributed by atoms with Gasteiger partial charge in [-0.15, -0.1) is 0 Å². The molecule has 0 saturated carbocycles. The van der Waals surface area contributed by atoms with Crippen LogP contribution in [-0.2, 0) is 9.53 Å². The lowest BCUT2D eigenvalue weighted by molar-refractivity contribution is -0.114. The molecule has 18 heteroatoms. The summed E-state index contributed by atoms with van der Waals surface area (Å²) in [6, 6.07) is 25.5. The summed E-state index contributed by atoms with van der Waals surface area (Å²) in [5, 5.41) is 2.66. The molecule has 0 saturated heterocycles. The average molecular weight is 998 g/mol. The number of H-pyrrole nitrogens is 1. The Morgan fingerprint density at radius 2 is 1.19 bits per heavy atom. The Morgan fingerprint density at radius 3 is 1.80 bits per heavy atom. The molecule has 0 fully saturated rings. The molecule has 0 spiro atoms. The quantitative estimate of drug-likeness (QED) is 0.0748. The molecule has 0 unspecified atom stereocenters. The van der Waals surface area contributed by atoms with Crippen molar-refractivity contribution in [3.05, 3.63) is 155 Å². The summed E-state index contributed by atoms with van der Waals surface area (Å²) >= 11 is 0. The van der Waals surface area contributed by atoms with Gasteiger partial charge >= 0.3 is 5.97 Å². The van der Waals surface area contributed by atoms with E-state index >= 15 is 0 Å². The number of imidazole rings is 1. The lowest BCUT2D eigenvalue weighted by atomic mass is 9.97. The van der Waals surface area contributed by atoms with Crippen molar-refractivity contribution in [2.75, 3.05) is 53.3 Å². The number of rotatable bonds is 10. The maximum Gasteiger partial charge on any atom is 0.374 e. The number of nitrogens with zero attached hydrogens (tertiary/aromatic N) is 5. The highest BCUT2D eigenvalue weighted by atomic mass is 16.6. The Labute approximate surface area is 425 Å². The normalized spacial score (nSPS) is 13.8. The molecule has 18 nitrogen and oxygen atoms in total. The van der Waals surface area contributed by atoms with E-state index in [4.69, 9.17) is 33.2 Å². The van der Waals surface area contributed by atoms with Crippen molar-refractivity contribution in [2.24, 2.45) is 4.99 Å². The molecule has 4 aromatic heterocycles. The number of carbonyl (C=O) groups excluding carboxylic acids is 4. The van der Waals surface area contributed by atoms with E-state index in [1.54, 1.807) is 63.8 Å². The monoisotopic (exact) mass is 997 g/mol. The maximum atomic E-state index is 12.3. The van der Waals surface area contributed by atoms with Gasteiger partial charge in [0, 0.05) is 77.5 Å². The van der Waals surface area contributed by atoms with E-state index in [1.165, 1.54) is 6.20 Å². The molecule has 11 rings (SSSR count). The standard InChI is InChI=1S/C20H19N3O4.C20H19N3O3.C16H13NO4/c1-3-25-20(24)19-22-17(18(23-19)14-6-7-21-12(2)10-14)13-4-5-15-16(11-13)27-9-8-26-15;1-12-9-14(5-6-22-12)19-15(11-16(23-19)20(24)21-2)13-3-4-17-18(10-13)26-8-7-25-17;1-10-9-17-5-4-12(10)16(19)15(18)11-2-3-13-14(8-11)21-7-6-20-13/h4-7,10-11H,3,8-9H2,1-2H3,(H,22,23);3-6,9-10H,7-8,11H2,1-2H3,(H,21,24);2-5,8-9H,6-7H2,1H3. The summed E-state index contributed by atoms with van der Waals surface area (Å²) in [4.78, 5) is 73.6. The summed E-state index contributed by atoms with van der Waals surface area (Å²) in [5.74, 6) is 2.29. The number of pyridine rings is 3. The third kappa shape index (κ3) is 11.1. The number of hydrogen-bond donors (Lipinski definition) is 2. The fourth-order valence-corrected chi connectivity index (χ4v) is 8.32. The zero-order chi connectivity index (χ0) is 51.7. The number of benzene rings is 3. The highest BCUT2D eigenvalue weighted by Gasteiger charge is 2.27. The van der Waals surface area contributed by atoms with Crippen molar-refractivity contribution in [1.82, 2.24) is 30.2 Å². The van der Waals surface area contributed by atoms with Crippen molar-refractivity contribution in [3.63, 3.8) is 0 Å². The van der Waals surface area contributed by atoms with Crippen LogP contribution in [-0.4, -0.2) is 107 Å². The predicted octanol–water partition coefficient (Wildman–Crippen LogP) is 8.24. The number of allylic oxidation sites excluding steroid dienone is 1. The Morgan fingerprint density at radius 1 is 0.622 bits per heavy atom. The number of amides is 1. The van der Waals surface area contributed by atoms with E-state index < -0.39 is 17.5 Å². The van der Waals surface area contributed by atoms with Gasteiger partial charge in [-0.25, -0.2) is 14.8 Å². The molecule has 4 aliphatic rings. The first kappa shape index (κ1) is 49.8. The number of aryl methyl sites for hydroxylation is 3. The number of aliphatic imine (C=N–C) groups is 1. The number of aromatic amines is 1. The van der Waals surface area contributed by atoms with Gasteiger partial charge in [0.05, 0.1) is 23.7 Å². The van der Waals surface area contributed by atoms with Crippen molar-refractivity contribution < 1.29 is 52.3 Å². The average Bonchev–Trinajstić information content (AvgIpc) is 4.10. The van der Waals surface area contributed by atoms with Crippen LogP contribution in [0.3, 0.4) is 0 Å². The third-order valence-electron chi connectivity index (χ3n) is 11.9. The minimum absolute atomic E-state index is 0.159. The number of hydrogen-bond acceptors (Lipinski definition) is 16. The van der Waals surface area contributed by atoms with E-state index in [0.717, 1.165) is 62.1 Å². The number of Topliss-reactive ketones (excluding diaryl/α,β-unsaturated/α-hetero) is 2. The predicted molar refractivity (Wildman–Crippen MR) is 273 cm³/mol. The minimum atomic E-state index is -0.568. The highest BCUT2D eigenvalue weighted by molar-refractivity contribution is 6.49. The number of aromatic nitrogens is 5. The van der Waals surface area contributed by atoms with E-state index in [1.807, 2.05) is 74.5 Å². The van der Waals surface area contributed by atoms with Gasteiger partial charge in [-0.2, -0.15) is 0 Å². The van der Waals surface area contributed by atoms with Crippen LogP contribution in [0.5, 0.6) is 34.5 Å². The molecule has 0 radical (unpaired) electrons. The van der Waals surface area contributed by atoms with Crippen molar-refractivity contribution in [3.8, 4) is 57.0 Å². The molecule has 2 N–H and O–H groups in total. The van der Waals surface area contributed by atoms with E-state index in [-0.39, 0.29) is 18.3 Å². The second-order valence-electron chi connectivity index (χ2n) is 17.0. The molecule has 1 amide bonds. The molecule has 4 aliphatic heterocycles. The second-order valence-corrected chi connectivity index (χ2v) is 17.0. The molecule has 74 heavy (non-hydrogen) atoms. The zero-order valence-corrected chi connectivity index (χ0v) is 41.3. The van der Waals surface area contributed by atoms with Crippen LogP contribution in [0.4, 0.5) is 0 Å². The van der Waals surface area contributed by atoms with Crippen LogP contribution in [0.1, 0.15) is 72.8 Å². The number of esters is 1. The molecular formula is C56H51N7O11. The van der Waals surface area contributed by atoms with Gasteiger partial charge < -0.3 is 43.5 Å². The van der Waals surface area contributed by atoms with Crippen LogP contribution < -0.4 is 33.7 Å². The van der Waals surface area contributed by atoms with Gasteiger partial charge in [0.2, 0.25) is 17.4 Å². The van der Waals surface area contributed by atoms with Gasteiger partial charge in [-0.3, -0.25) is 29.3 Å². The van der Waals surface area contributed by atoms with Crippen LogP contribution in [0.25, 0.3) is 33.8 Å². The van der Waals surface area contributed by atoms with E-state index in [0.29, 0.717) is 97.2 Å². The molecule has 376 valence electrons. The Hall–Kier alpha value is -9.19. The van der Waals surface area contributed by atoms with Crippen molar-refractivity contribution in [2.45, 2.75) is 34.1 Å². The van der Waals surface area contributed by atoms with Crippen LogP contribution in [0.2, 0.25) is 0 Å². The highest BCUT2D eigenvalue weighted by Crippen LogP contribution is 2.41. The Balaban J connectivity index is 0.000000137. The molecule has 7 aromatic rings. The SMILES string of the molecule is CCOC(=O)c1nc(-c2ccc3c(c2)OCCO3)c(-c2ccnc(C)c2)[nH]1.CNC(=O)C1=NC(c2ccnc(C)c2)=C(c2ccc3c(c2)OCCO3)C1.Cc1cnccc1C(=O)C(=O)c1ccc2c(c1)OCCO2. The van der Waals surface area contributed by atoms with E-state index in [2.05, 4.69) is 35.2 Å². The maximum absolute atomic E-state index is 12.3. The largest absolute Gasteiger partial charge is 0.486 e. The third-order valence-corrected chi connectivity index (χ3v) is 11.9. The number of carbonyl (C=O) groups is 4. The minimum Gasteiger partial charge on any atom is -0.486 e. The Bertz CT molecular complexity index is 3360. The fourth-order valence-electron chi connectivity index (χ4n) is 8.32. The van der Waals surface area contributed by atoms with Crippen LogP contribution in [0, 0.1) is 20.8 Å². The first-order chi connectivity index (χ1) is 36.0. The molecule has 8 heterocycles. The molecule has 0 aliphatic carbocycles. The number of ketones is 2. The van der Waals surface area contributed by atoms with Crippen LogP contribution in [0.15, 0.2) is 115 Å². The number of fused-ring (bicyclic) bond motifs is 3. The topological polar surface area (TPSA) is 225 Å². The molecular weight excluding hydrogens is 947 g/mol. The number of ether oxygens (including phenoxy) is 7. The summed E-state index contributed by atoms with van der Waals surface area (Å²) < 4.78 is 38.5. The molecule has 0 bridgehead atoms. The summed E-state index contributed by atoms with van der Waals surface area (Å²) in [7, 11) is 1.61. The van der Waals surface area contributed by atoms with Crippen molar-refractivity contribution >= 4 is 40.4 Å². The lowest BCUT2D eigenvalue weighted by Gasteiger charge is -2.19. The van der Waals surface area contributed by atoms with Gasteiger partial charge in [0.25, 0.3) is 5.91 Å². The van der Waals surface area contributed by atoms with Gasteiger partial charge in [0.15, 0.2) is 34.5 Å². The van der Waals surface area contributed by atoms with Gasteiger partial charge in [0.1, 0.15) is 45.4 Å². The second kappa shape index (κ2) is 22.5. The lowest BCUT2D eigenvalue weighted by Crippen LogP contribution is -2.26. The number of nitrogens with one attached hydrogen (secondary N) is 2. The first-order valence-electron chi connectivity index (χ1n) is 23.8. The summed E-state index contributed by atoms with van der Waals surface area (Å²) in [6.07, 6.45) is 7.01. The summed E-state index contributed by atoms with van der Waals surface area (Å²) in [5.41, 5.74) is 10.4. The Kier molecular flexibility index (Phi) is 15.1. The zero-order valence-electron chi connectivity index (χ0n) is 41.3. The fraction of sp³-hybridized carbons (Fsp3) is 0.232. The van der Waals surface area contributed by atoms with Gasteiger partial charge in [-0.1, -0.05) is 6.07 Å². The summed E-state index contributed by atoms with van der Waals surface area (Å²) in [6.45, 7) is 10.7. The molecule has 3 aromatic carbocycles. The van der Waals surface area contributed by atoms with Gasteiger partial charge in [-0.05, 0) is 123 Å². The first-order valence-corrected chi connectivity index (χ1v) is 23.8. The van der Waals surface area contributed by atoms with E-state index in [9.17, 15) is 19.2 Å². The van der Waals surface area contributed by atoms with Crippen molar-refractivity contribution in [1.29, 1.82) is 0 Å². The smallest absolute Gasteiger partial charge is 0.374 e. The molecule has 0 atom stereocenters.